The van der Waals surface area contributed by atoms with Crippen molar-refractivity contribution in [1.82, 2.24) is 14.9 Å². The molecule has 1 aliphatic heterocycles. The van der Waals surface area contributed by atoms with Gasteiger partial charge >= 0.3 is 0 Å². The third-order valence-electron chi connectivity index (χ3n) is 3.94. The first-order chi connectivity index (χ1) is 10.6. The lowest BCUT2D eigenvalue weighted by atomic mass is 10.1. The summed E-state index contributed by atoms with van der Waals surface area (Å²) in [7, 11) is 4.11. The molecule has 0 saturated carbocycles. The van der Waals surface area contributed by atoms with E-state index in [2.05, 4.69) is 70.4 Å². The highest BCUT2D eigenvalue weighted by molar-refractivity contribution is 5.69. The second kappa shape index (κ2) is 6.32. The molecule has 0 saturated heterocycles. The predicted molar refractivity (Wildman–Crippen MR) is 90.8 cm³/mol. The van der Waals surface area contributed by atoms with Gasteiger partial charge in [-0.05, 0) is 45.1 Å². The zero-order valence-corrected chi connectivity index (χ0v) is 13.5. The first-order valence-electron chi connectivity index (χ1n) is 7.74. The molecule has 2 aromatic rings. The van der Waals surface area contributed by atoms with Gasteiger partial charge in [0.25, 0.3) is 0 Å². The van der Waals surface area contributed by atoms with Gasteiger partial charge in [-0.15, -0.1) is 0 Å². The number of likely N-dealkylation sites (N-methyl/N-ethyl adjacent to an activating group) is 1. The van der Waals surface area contributed by atoms with Crippen LogP contribution in [0, 0.1) is 0 Å². The van der Waals surface area contributed by atoms with E-state index in [1.165, 1.54) is 11.3 Å². The SMILES string of the molecule is CC1Cc2ccccc2N1c1ccnc(NCCN(C)C)n1. The maximum Gasteiger partial charge on any atom is 0.224 e. The van der Waals surface area contributed by atoms with E-state index in [1.807, 2.05) is 12.3 Å². The maximum absolute atomic E-state index is 4.69. The molecule has 1 atom stereocenters. The number of hydrogen-bond acceptors (Lipinski definition) is 5. The summed E-state index contributed by atoms with van der Waals surface area (Å²) in [6, 6.07) is 10.9. The van der Waals surface area contributed by atoms with Gasteiger partial charge in [-0.25, -0.2) is 4.98 Å². The third kappa shape index (κ3) is 3.04. The van der Waals surface area contributed by atoms with Gasteiger partial charge in [0.2, 0.25) is 5.95 Å². The molecule has 2 heterocycles. The number of nitrogens with one attached hydrogen (secondary N) is 1. The Bertz CT molecular complexity index is 640. The summed E-state index contributed by atoms with van der Waals surface area (Å²) in [6.45, 7) is 4.03. The van der Waals surface area contributed by atoms with Crippen LogP contribution in [-0.4, -0.2) is 48.1 Å². The van der Waals surface area contributed by atoms with E-state index in [0.29, 0.717) is 12.0 Å². The van der Waals surface area contributed by atoms with Crippen LogP contribution in [0.3, 0.4) is 0 Å². The number of para-hydroxylation sites is 1. The van der Waals surface area contributed by atoms with Gasteiger partial charge < -0.3 is 15.1 Å². The summed E-state index contributed by atoms with van der Waals surface area (Å²) in [5.41, 5.74) is 2.64. The molecule has 1 unspecified atom stereocenters. The Labute approximate surface area is 132 Å². The van der Waals surface area contributed by atoms with Gasteiger partial charge in [0.15, 0.2) is 0 Å². The quantitative estimate of drug-likeness (QED) is 0.919. The molecule has 1 aliphatic rings. The van der Waals surface area contributed by atoms with E-state index in [0.717, 1.165) is 25.3 Å². The van der Waals surface area contributed by atoms with E-state index in [4.69, 9.17) is 0 Å². The van der Waals surface area contributed by atoms with Crippen molar-refractivity contribution in [2.45, 2.75) is 19.4 Å². The highest BCUT2D eigenvalue weighted by Crippen LogP contribution is 2.37. The number of fused-ring (bicyclic) bond motifs is 1. The van der Waals surface area contributed by atoms with Crippen LogP contribution in [0.2, 0.25) is 0 Å². The van der Waals surface area contributed by atoms with Crippen LogP contribution in [0.15, 0.2) is 36.5 Å². The molecule has 1 N–H and O–H groups in total. The largest absolute Gasteiger partial charge is 0.353 e. The molecular weight excluding hydrogens is 274 g/mol. The van der Waals surface area contributed by atoms with Crippen molar-refractivity contribution in [2.24, 2.45) is 0 Å². The highest BCUT2D eigenvalue weighted by Gasteiger charge is 2.27. The number of anilines is 3. The van der Waals surface area contributed by atoms with Crippen LogP contribution in [0.25, 0.3) is 0 Å². The Hall–Kier alpha value is -2.14. The Balaban J connectivity index is 1.80. The van der Waals surface area contributed by atoms with E-state index >= 15 is 0 Å². The lowest BCUT2D eigenvalue weighted by Crippen LogP contribution is -2.25. The lowest BCUT2D eigenvalue weighted by molar-refractivity contribution is 0.425. The van der Waals surface area contributed by atoms with Crippen LogP contribution < -0.4 is 10.2 Å². The standard InChI is InChI=1S/C17H23N5/c1-13-12-14-6-4-5-7-15(14)22(13)16-8-9-18-17(20-16)19-10-11-21(2)3/h4-9,13H,10-12H2,1-3H3,(H,18,19,20). The van der Waals surface area contributed by atoms with Gasteiger partial charge in [0, 0.05) is 31.0 Å². The molecule has 0 aliphatic carbocycles. The number of benzene rings is 1. The van der Waals surface area contributed by atoms with Crippen molar-refractivity contribution < 1.29 is 0 Å². The molecule has 0 fully saturated rings. The van der Waals surface area contributed by atoms with Crippen LogP contribution in [0.1, 0.15) is 12.5 Å². The molecular formula is C17H23N5. The van der Waals surface area contributed by atoms with Crippen LogP contribution in [0.5, 0.6) is 0 Å². The Morgan fingerprint density at radius 2 is 2.09 bits per heavy atom. The average Bonchev–Trinajstić information content (AvgIpc) is 2.83. The number of hydrogen-bond donors (Lipinski definition) is 1. The molecule has 5 heteroatoms. The molecule has 1 aromatic carbocycles. The van der Waals surface area contributed by atoms with E-state index < -0.39 is 0 Å². The number of nitrogens with zero attached hydrogens (tertiary/aromatic N) is 4. The summed E-state index contributed by atoms with van der Waals surface area (Å²) in [5, 5.41) is 3.29. The second-order valence-corrected chi connectivity index (χ2v) is 6.02. The zero-order valence-electron chi connectivity index (χ0n) is 13.5. The van der Waals surface area contributed by atoms with Gasteiger partial charge in [-0.3, -0.25) is 0 Å². The normalized spacial score (nSPS) is 16.9. The van der Waals surface area contributed by atoms with Crippen molar-refractivity contribution in [2.75, 3.05) is 37.4 Å². The Morgan fingerprint density at radius 1 is 1.27 bits per heavy atom. The smallest absolute Gasteiger partial charge is 0.224 e. The molecule has 3 rings (SSSR count). The second-order valence-electron chi connectivity index (χ2n) is 6.02. The minimum Gasteiger partial charge on any atom is -0.353 e. The summed E-state index contributed by atoms with van der Waals surface area (Å²) < 4.78 is 0. The lowest BCUT2D eigenvalue weighted by Gasteiger charge is -2.24. The summed E-state index contributed by atoms with van der Waals surface area (Å²) in [5.74, 6) is 1.65. The molecule has 0 amide bonds. The minimum absolute atomic E-state index is 0.418. The zero-order chi connectivity index (χ0) is 15.5. The first kappa shape index (κ1) is 14.8. The van der Waals surface area contributed by atoms with Crippen molar-refractivity contribution in [3.63, 3.8) is 0 Å². The third-order valence-corrected chi connectivity index (χ3v) is 3.94. The van der Waals surface area contributed by atoms with Crippen molar-refractivity contribution in [1.29, 1.82) is 0 Å². The van der Waals surface area contributed by atoms with Crippen LogP contribution in [-0.2, 0) is 6.42 Å². The Morgan fingerprint density at radius 3 is 2.91 bits per heavy atom. The van der Waals surface area contributed by atoms with Gasteiger partial charge in [-0.1, -0.05) is 18.2 Å². The van der Waals surface area contributed by atoms with E-state index in [1.54, 1.807) is 0 Å². The minimum atomic E-state index is 0.418. The van der Waals surface area contributed by atoms with Gasteiger partial charge in [-0.2, -0.15) is 4.98 Å². The topological polar surface area (TPSA) is 44.3 Å². The molecule has 1 aromatic heterocycles. The van der Waals surface area contributed by atoms with Crippen molar-refractivity contribution >= 4 is 17.5 Å². The fourth-order valence-corrected chi connectivity index (χ4v) is 2.87. The van der Waals surface area contributed by atoms with Crippen molar-refractivity contribution in [3.05, 3.63) is 42.1 Å². The van der Waals surface area contributed by atoms with Gasteiger partial charge in [0.05, 0.1) is 0 Å². The first-order valence-corrected chi connectivity index (χ1v) is 7.74. The predicted octanol–water partition coefficient (Wildman–Crippen LogP) is 2.53. The molecule has 22 heavy (non-hydrogen) atoms. The van der Waals surface area contributed by atoms with Crippen LogP contribution in [0.4, 0.5) is 17.5 Å². The fourth-order valence-electron chi connectivity index (χ4n) is 2.87. The highest BCUT2D eigenvalue weighted by atomic mass is 15.3. The molecule has 0 bridgehead atoms. The molecule has 116 valence electrons. The van der Waals surface area contributed by atoms with Crippen LogP contribution >= 0.6 is 0 Å². The fraction of sp³-hybridized carbons (Fsp3) is 0.412. The summed E-state index contributed by atoms with van der Waals surface area (Å²) in [4.78, 5) is 13.4. The van der Waals surface area contributed by atoms with Gasteiger partial charge in [0.1, 0.15) is 5.82 Å². The molecule has 5 nitrogen and oxygen atoms in total. The van der Waals surface area contributed by atoms with E-state index in [9.17, 15) is 0 Å². The monoisotopic (exact) mass is 297 g/mol. The number of aromatic nitrogens is 2. The van der Waals surface area contributed by atoms with E-state index in [-0.39, 0.29) is 0 Å². The molecule has 0 radical (unpaired) electrons. The summed E-state index contributed by atoms with van der Waals surface area (Å²) in [6.07, 6.45) is 2.89. The summed E-state index contributed by atoms with van der Waals surface area (Å²) >= 11 is 0. The average molecular weight is 297 g/mol. The molecule has 0 spiro atoms. The maximum atomic E-state index is 4.69. The van der Waals surface area contributed by atoms with Crippen molar-refractivity contribution in [3.8, 4) is 0 Å². The Kier molecular flexibility index (Phi) is 4.24. The number of rotatable bonds is 5.